The Morgan fingerprint density at radius 2 is 1.72 bits per heavy atom. The second kappa shape index (κ2) is 12.0. The van der Waals surface area contributed by atoms with Gasteiger partial charge in [-0.1, -0.05) is 73.8 Å². The lowest BCUT2D eigenvalue weighted by Crippen LogP contribution is -2.53. The van der Waals surface area contributed by atoms with Gasteiger partial charge in [0.05, 0.1) is 10.7 Å². The number of hydrogen-bond acceptors (Lipinski definition) is 4. The Balaban J connectivity index is 2.50. The normalized spacial score (nSPS) is 12.8. The third-order valence-corrected chi connectivity index (χ3v) is 5.63. The first-order chi connectivity index (χ1) is 16.7. The van der Waals surface area contributed by atoms with Crippen molar-refractivity contribution >= 4 is 35.2 Å². The Labute approximate surface area is 218 Å². The number of aryl methyl sites for hydroxylation is 2. The number of amides is 3. The highest BCUT2D eigenvalue weighted by atomic mass is 35.5. The molecular formula is C28H34ClN3O4. The average molecular weight is 512 g/mol. The Bertz CT molecular complexity index is 1140. The first-order valence-electron chi connectivity index (χ1n) is 11.7. The maximum Gasteiger partial charge on any atom is 0.408 e. The van der Waals surface area contributed by atoms with Gasteiger partial charge in [-0.05, 0) is 57.7 Å². The zero-order chi connectivity index (χ0) is 27.2. The number of alkyl carbamates (subject to hydrolysis) is 1. The van der Waals surface area contributed by atoms with Crippen LogP contribution in [0.4, 0.5) is 10.5 Å². The van der Waals surface area contributed by atoms with E-state index >= 15 is 0 Å². The molecule has 0 saturated heterocycles. The summed E-state index contributed by atoms with van der Waals surface area (Å²) in [6, 6.07) is 12.6. The van der Waals surface area contributed by atoms with E-state index in [2.05, 4.69) is 16.7 Å². The molecule has 2 N–H and O–H groups in total. The van der Waals surface area contributed by atoms with Gasteiger partial charge in [0.1, 0.15) is 17.7 Å². The number of ether oxygens (including phenoxy) is 1. The number of nitrogens with one attached hydrogen (secondary N) is 2. The molecule has 0 aliphatic rings. The SMILES string of the molecule is C#CN(C(=O)C(NC(=O)OC(C)(C)C)C(C)C)C(C(=O)Nc1c(C)cccc1Cl)c1cccc(C)c1. The van der Waals surface area contributed by atoms with E-state index in [9.17, 15) is 14.4 Å². The minimum absolute atomic E-state index is 0.340. The highest BCUT2D eigenvalue weighted by Gasteiger charge is 2.37. The zero-order valence-corrected chi connectivity index (χ0v) is 22.6. The molecule has 2 unspecified atom stereocenters. The van der Waals surface area contributed by atoms with Crippen LogP contribution in [0.2, 0.25) is 5.02 Å². The second-order valence-corrected chi connectivity index (χ2v) is 10.4. The minimum atomic E-state index is -1.18. The van der Waals surface area contributed by atoms with E-state index < -0.39 is 35.6 Å². The van der Waals surface area contributed by atoms with Crippen molar-refractivity contribution in [3.8, 4) is 12.5 Å². The van der Waals surface area contributed by atoms with Crippen LogP contribution in [0, 0.1) is 32.2 Å². The lowest BCUT2D eigenvalue weighted by atomic mass is 9.98. The standard InChI is InChI=1S/C28H34ClN3O4/c1-9-32(26(34)22(17(2)3)31-27(35)36-28(6,7)8)24(20-14-10-12-18(4)16-20)25(33)30-23-19(5)13-11-15-21(23)29/h1,10-17,22,24H,2-8H3,(H,30,33)(H,31,35). The van der Waals surface area contributed by atoms with Gasteiger partial charge in [-0.15, -0.1) is 0 Å². The molecular weight excluding hydrogens is 478 g/mol. The summed E-state index contributed by atoms with van der Waals surface area (Å²) in [5.74, 6) is -1.49. The van der Waals surface area contributed by atoms with Crippen molar-refractivity contribution in [2.24, 2.45) is 5.92 Å². The molecule has 0 spiro atoms. The lowest BCUT2D eigenvalue weighted by Gasteiger charge is -2.32. The van der Waals surface area contributed by atoms with Crippen molar-refractivity contribution in [1.29, 1.82) is 0 Å². The molecule has 0 aliphatic carbocycles. The Kier molecular flexibility index (Phi) is 9.55. The molecule has 0 aromatic heterocycles. The highest BCUT2D eigenvalue weighted by molar-refractivity contribution is 6.34. The quantitative estimate of drug-likeness (QED) is 0.374. The summed E-state index contributed by atoms with van der Waals surface area (Å²) in [4.78, 5) is 40.9. The number of terminal acetylenes is 1. The van der Waals surface area contributed by atoms with Gasteiger partial charge >= 0.3 is 6.09 Å². The maximum absolute atomic E-state index is 13.7. The molecule has 0 heterocycles. The second-order valence-electron chi connectivity index (χ2n) is 9.94. The van der Waals surface area contributed by atoms with Crippen molar-refractivity contribution in [1.82, 2.24) is 10.2 Å². The van der Waals surface area contributed by atoms with Gasteiger partial charge in [-0.25, -0.2) is 4.79 Å². The molecule has 2 atom stereocenters. The summed E-state index contributed by atoms with van der Waals surface area (Å²) in [7, 11) is 0. The summed E-state index contributed by atoms with van der Waals surface area (Å²) in [6.07, 6.45) is 5.06. The van der Waals surface area contributed by atoms with Gasteiger partial charge in [-0.2, -0.15) is 0 Å². The van der Waals surface area contributed by atoms with Crippen LogP contribution in [0.15, 0.2) is 42.5 Å². The molecule has 0 bridgehead atoms. The number of nitrogens with zero attached hydrogens (tertiary/aromatic N) is 1. The van der Waals surface area contributed by atoms with Gasteiger partial charge in [0, 0.05) is 6.04 Å². The van der Waals surface area contributed by atoms with E-state index in [0.717, 1.165) is 16.0 Å². The van der Waals surface area contributed by atoms with E-state index in [0.29, 0.717) is 16.3 Å². The number of benzene rings is 2. The van der Waals surface area contributed by atoms with Gasteiger partial charge in [0.25, 0.3) is 11.8 Å². The van der Waals surface area contributed by atoms with E-state index in [1.807, 2.05) is 26.0 Å². The van der Waals surface area contributed by atoms with E-state index in [1.54, 1.807) is 65.0 Å². The van der Waals surface area contributed by atoms with Gasteiger partial charge in [0.2, 0.25) is 0 Å². The molecule has 7 nitrogen and oxygen atoms in total. The number of hydrogen-bond donors (Lipinski definition) is 2. The molecule has 36 heavy (non-hydrogen) atoms. The molecule has 2 aromatic rings. The first kappa shape index (κ1) is 28.7. The van der Waals surface area contributed by atoms with Gasteiger partial charge in [-0.3, -0.25) is 14.5 Å². The molecule has 8 heteroatoms. The van der Waals surface area contributed by atoms with Crippen LogP contribution in [0.5, 0.6) is 0 Å². The fourth-order valence-electron chi connectivity index (χ4n) is 3.60. The van der Waals surface area contributed by atoms with Crippen LogP contribution in [0.3, 0.4) is 0 Å². The summed E-state index contributed by atoms with van der Waals surface area (Å²) < 4.78 is 5.33. The van der Waals surface area contributed by atoms with Crippen molar-refractivity contribution in [2.45, 2.75) is 66.2 Å². The number of para-hydroxylation sites is 1. The van der Waals surface area contributed by atoms with Crippen molar-refractivity contribution in [2.75, 3.05) is 5.32 Å². The van der Waals surface area contributed by atoms with Crippen LogP contribution in [-0.2, 0) is 14.3 Å². The van der Waals surface area contributed by atoms with Crippen molar-refractivity contribution in [3.63, 3.8) is 0 Å². The third kappa shape index (κ3) is 7.50. The van der Waals surface area contributed by atoms with Crippen LogP contribution in [-0.4, -0.2) is 34.5 Å². The topological polar surface area (TPSA) is 87.7 Å². The fourth-order valence-corrected chi connectivity index (χ4v) is 3.87. The third-order valence-electron chi connectivity index (χ3n) is 5.32. The predicted octanol–water partition coefficient (Wildman–Crippen LogP) is 5.61. The van der Waals surface area contributed by atoms with Crippen LogP contribution >= 0.6 is 11.6 Å². The smallest absolute Gasteiger partial charge is 0.408 e. The van der Waals surface area contributed by atoms with Crippen LogP contribution in [0.1, 0.15) is 57.4 Å². The molecule has 2 aromatic carbocycles. The van der Waals surface area contributed by atoms with Crippen molar-refractivity contribution < 1.29 is 19.1 Å². The summed E-state index contributed by atoms with van der Waals surface area (Å²) in [5, 5.41) is 5.80. The number of carbonyl (C=O) groups excluding carboxylic acids is 3. The molecule has 0 radical (unpaired) electrons. The van der Waals surface area contributed by atoms with E-state index in [4.69, 9.17) is 22.8 Å². The molecule has 3 amide bonds. The molecule has 2 rings (SSSR count). The number of halogens is 1. The Morgan fingerprint density at radius 3 is 2.25 bits per heavy atom. The van der Waals surface area contributed by atoms with Crippen molar-refractivity contribution in [3.05, 3.63) is 64.2 Å². The number of anilines is 1. The van der Waals surface area contributed by atoms with Gasteiger partial charge < -0.3 is 15.4 Å². The summed E-state index contributed by atoms with van der Waals surface area (Å²) in [5.41, 5.74) is 1.83. The molecule has 0 saturated carbocycles. The Morgan fingerprint density at radius 1 is 1.08 bits per heavy atom. The van der Waals surface area contributed by atoms with Crippen LogP contribution < -0.4 is 10.6 Å². The lowest BCUT2D eigenvalue weighted by molar-refractivity contribution is -0.137. The predicted molar refractivity (Wildman–Crippen MR) is 142 cm³/mol. The minimum Gasteiger partial charge on any atom is -0.444 e. The van der Waals surface area contributed by atoms with Gasteiger partial charge in [0.15, 0.2) is 0 Å². The van der Waals surface area contributed by atoms with E-state index in [-0.39, 0.29) is 5.92 Å². The molecule has 0 aliphatic heterocycles. The van der Waals surface area contributed by atoms with E-state index in [1.165, 1.54) is 0 Å². The first-order valence-corrected chi connectivity index (χ1v) is 12.0. The Hall–Kier alpha value is -3.50. The molecule has 192 valence electrons. The maximum atomic E-state index is 13.7. The highest BCUT2D eigenvalue weighted by Crippen LogP contribution is 2.29. The largest absolute Gasteiger partial charge is 0.444 e. The monoisotopic (exact) mass is 511 g/mol. The number of carbonyl (C=O) groups is 3. The zero-order valence-electron chi connectivity index (χ0n) is 21.8. The average Bonchev–Trinajstić information content (AvgIpc) is 2.76. The number of rotatable bonds is 7. The summed E-state index contributed by atoms with van der Waals surface area (Å²) >= 11 is 6.33. The summed E-state index contributed by atoms with van der Waals surface area (Å²) in [6.45, 7) is 12.4. The fraction of sp³-hybridized carbons (Fsp3) is 0.393. The van der Waals surface area contributed by atoms with Crippen LogP contribution in [0.25, 0.3) is 0 Å². The molecule has 0 fully saturated rings.